The molecule has 0 aliphatic carbocycles. The highest BCUT2D eigenvalue weighted by Gasteiger charge is 2.25. The van der Waals surface area contributed by atoms with Crippen LogP contribution in [0.2, 0.25) is 0 Å². The van der Waals surface area contributed by atoms with Gasteiger partial charge in [-0.3, -0.25) is 4.79 Å². The standard InChI is InChI=1S/C19H20N2O/c1-3-11-21-17-10-5-4-8-15(17)13-18(21)20-19(22)16-9-6-7-14(2)12-16/h4-10,12H,3,11,13H2,1-2H3. The van der Waals surface area contributed by atoms with Crippen LogP contribution in [0.15, 0.2) is 53.5 Å². The Balaban J connectivity index is 1.92. The maximum atomic E-state index is 12.4. The zero-order valence-corrected chi connectivity index (χ0v) is 13.0. The van der Waals surface area contributed by atoms with Crippen molar-refractivity contribution in [1.82, 2.24) is 0 Å². The minimum atomic E-state index is -0.160. The number of hydrogen-bond acceptors (Lipinski definition) is 1. The van der Waals surface area contributed by atoms with E-state index in [1.54, 1.807) is 0 Å². The lowest BCUT2D eigenvalue weighted by Crippen LogP contribution is -2.28. The summed E-state index contributed by atoms with van der Waals surface area (Å²) in [6, 6.07) is 15.9. The van der Waals surface area contributed by atoms with Crippen LogP contribution in [0.5, 0.6) is 0 Å². The highest BCUT2D eigenvalue weighted by molar-refractivity contribution is 6.12. The number of fused-ring (bicyclic) bond motifs is 1. The van der Waals surface area contributed by atoms with Crippen molar-refractivity contribution < 1.29 is 4.79 Å². The average Bonchev–Trinajstić information content (AvgIpc) is 2.85. The Morgan fingerprint density at radius 2 is 2.00 bits per heavy atom. The first-order chi connectivity index (χ1) is 10.7. The van der Waals surface area contributed by atoms with Crippen LogP contribution in [0.3, 0.4) is 0 Å². The van der Waals surface area contributed by atoms with Crippen LogP contribution in [0.4, 0.5) is 5.69 Å². The van der Waals surface area contributed by atoms with Gasteiger partial charge in [0.1, 0.15) is 5.84 Å². The summed E-state index contributed by atoms with van der Waals surface area (Å²) in [5.74, 6) is 0.696. The van der Waals surface area contributed by atoms with Gasteiger partial charge in [0.25, 0.3) is 5.91 Å². The smallest absolute Gasteiger partial charge is 0.278 e. The summed E-state index contributed by atoms with van der Waals surface area (Å²) in [6.45, 7) is 5.01. The third-order valence-corrected chi connectivity index (χ3v) is 3.89. The predicted molar refractivity (Wildman–Crippen MR) is 90.7 cm³/mol. The number of hydrogen-bond donors (Lipinski definition) is 0. The molecule has 3 heteroatoms. The Morgan fingerprint density at radius 3 is 2.77 bits per heavy atom. The lowest BCUT2D eigenvalue weighted by Gasteiger charge is -2.19. The molecule has 0 spiro atoms. The zero-order chi connectivity index (χ0) is 15.5. The lowest BCUT2D eigenvalue weighted by molar-refractivity contribution is 0.100. The summed E-state index contributed by atoms with van der Waals surface area (Å²) in [7, 11) is 0. The molecule has 1 aliphatic heterocycles. The van der Waals surface area contributed by atoms with Crippen molar-refractivity contribution in [3.8, 4) is 0 Å². The first-order valence-corrected chi connectivity index (χ1v) is 7.73. The van der Waals surface area contributed by atoms with Crippen LogP contribution < -0.4 is 4.90 Å². The average molecular weight is 292 g/mol. The van der Waals surface area contributed by atoms with Crippen molar-refractivity contribution in [3.63, 3.8) is 0 Å². The Labute approximate surface area is 131 Å². The van der Waals surface area contributed by atoms with Crippen LogP contribution in [0, 0.1) is 6.92 Å². The third-order valence-electron chi connectivity index (χ3n) is 3.89. The molecule has 1 amide bonds. The van der Waals surface area contributed by atoms with E-state index < -0.39 is 0 Å². The second-order valence-electron chi connectivity index (χ2n) is 5.66. The highest BCUT2D eigenvalue weighted by Crippen LogP contribution is 2.29. The number of amides is 1. The Morgan fingerprint density at radius 1 is 1.18 bits per heavy atom. The molecule has 3 rings (SSSR count). The summed E-state index contributed by atoms with van der Waals surface area (Å²) >= 11 is 0. The number of carbonyl (C=O) groups is 1. The maximum Gasteiger partial charge on any atom is 0.278 e. The first kappa shape index (κ1) is 14.5. The van der Waals surface area contributed by atoms with Gasteiger partial charge < -0.3 is 4.90 Å². The quantitative estimate of drug-likeness (QED) is 0.856. The minimum Gasteiger partial charge on any atom is -0.329 e. The van der Waals surface area contributed by atoms with E-state index in [0.717, 1.165) is 30.8 Å². The van der Waals surface area contributed by atoms with E-state index in [-0.39, 0.29) is 5.91 Å². The molecule has 1 aliphatic rings. The number of anilines is 1. The van der Waals surface area contributed by atoms with E-state index >= 15 is 0 Å². The van der Waals surface area contributed by atoms with Gasteiger partial charge in [-0.15, -0.1) is 0 Å². The lowest BCUT2D eigenvalue weighted by atomic mass is 10.1. The Hall–Kier alpha value is -2.42. The molecule has 2 aromatic carbocycles. The fourth-order valence-electron chi connectivity index (χ4n) is 2.86. The second-order valence-corrected chi connectivity index (χ2v) is 5.66. The molecule has 0 atom stereocenters. The molecule has 0 bridgehead atoms. The molecule has 22 heavy (non-hydrogen) atoms. The number of rotatable bonds is 3. The molecule has 0 saturated heterocycles. The summed E-state index contributed by atoms with van der Waals surface area (Å²) < 4.78 is 0. The van der Waals surface area contributed by atoms with Crippen molar-refractivity contribution in [3.05, 3.63) is 65.2 Å². The molecule has 1 heterocycles. The number of carbonyl (C=O) groups excluding carboxylic acids is 1. The number of aliphatic imine (C=N–C) groups is 1. The number of benzene rings is 2. The number of amidine groups is 1. The fraction of sp³-hybridized carbons (Fsp3) is 0.263. The second kappa shape index (κ2) is 6.14. The zero-order valence-electron chi connectivity index (χ0n) is 13.0. The molecule has 0 radical (unpaired) electrons. The van der Waals surface area contributed by atoms with Gasteiger partial charge in [-0.2, -0.15) is 4.99 Å². The van der Waals surface area contributed by atoms with Gasteiger partial charge in [0, 0.05) is 24.2 Å². The molecule has 0 fully saturated rings. The van der Waals surface area contributed by atoms with Gasteiger partial charge in [-0.05, 0) is 37.1 Å². The molecular weight excluding hydrogens is 272 g/mol. The maximum absolute atomic E-state index is 12.4. The fourth-order valence-corrected chi connectivity index (χ4v) is 2.86. The highest BCUT2D eigenvalue weighted by atomic mass is 16.1. The van der Waals surface area contributed by atoms with E-state index in [9.17, 15) is 4.79 Å². The predicted octanol–water partition coefficient (Wildman–Crippen LogP) is 4.01. The van der Waals surface area contributed by atoms with E-state index in [1.807, 2.05) is 43.3 Å². The van der Waals surface area contributed by atoms with Crippen molar-refractivity contribution >= 4 is 17.4 Å². The van der Waals surface area contributed by atoms with Gasteiger partial charge in [0.05, 0.1) is 0 Å². The van der Waals surface area contributed by atoms with Crippen molar-refractivity contribution in [2.45, 2.75) is 26.7 Å². The molecule has 0 unspecified atom stereocenters. The van der Waals surface area contributed by atoms with E-state index in [1.165, 1.54) is 11.3 Å². The minimum absolute atomic E-state index is 0.160. The number of nitrogens with zero attached hydrogens (tertiary/aromatic N) is 2. The largest absolute Gasteiger partial charge is 0.329 e. The SMILES string of the molecule is CCCN1C(=NC(=O)c2cccc(C)c2)Cc2ccccc21. The Bertz CT molecular complexity index is 734. The van der Waals surface area contributed by atoms with Crippen molar-refractivity contribution in [1.29, 1.82) is 0 Å². The topological polar surface area (TPSA) is 32.7 Å². The van der Waals surface area contributed by atoms with E-state index in [2.05, 4.69) is 28.9 Å². The first-order valence-electron chi connectivity index (χ1n) is 7.73. The van der Waals surface area contributed by atoms with Crippen molar-refractivity contribution in [2.24, 2.45) is 4.99 Å². The molecule has 2 aromatic rings. The normalized spacial score (nSPS) is 15.2. The number of para-hydroxylation sites is 1. The van der Waals surface area contributed by atoms with Crippen molar-refractivity contribution in [2.75, 3.05) is 11.4 Å². The molecule has 0 N–H and O–H groups in total. The van der Waals surface area contributed by atoms with Gasteiger partial charge in [-0.25, -0.2) is 0 Å². The molecule has 0 aromatic heterocycles. The van der Waals surface area contributed by atoms with Crippen LogP contribution >= 0.6 is 0 Å². The van der Waals surface area contributed by atoms with Gasteiger partial charge >= 0.3 is 0 Å². The summed E-state index contributed by atoms with van der Waals surface area (Å²) in [5.41, 5.74) is 4.15. The van der Waals surface area contributed by atoms with E-state index in [4.69, 9.17) is 0 Å². The van der Waals surface area contributed by atoms with Crippen LogP contribution in [-0.2, 0) is 6.42 Å². The van der Waals surface area contributed by atoms with Crippen LogP contribution in [-0.4, -0.2) is 18.3 Å². The van der Waals surface area contributed by atoms with Crippen LogP contribution in [0.1, 0.15) is 34.8 Å². The monoisotopic (exact) mass is 292 g/mol. The summed E-state index contributed by atoms with van der Waals surface area (Å²) in [4.78, 5) is 19.0. The molecular formula is C19H20N2O. The van der Waals surface area contributed by atoms with Gasteiger partial charge in [-0.1, -0.05) is 42.8 Å². The Kier molecular flexibility index (Phi) is 4.05. The van der Waals surface area contributed by atoms with Crippen LogP contribution in [0.25, 0.3) is 0 Å². The molecule has 0 saturated carbocycles. The molecule has 112 valence electrons. The summed E-state index contributed by atoms with van der Waals surface area (Å²) in [5, 5.41) is 0. The number of aryl methyl sites for hydroxylation is 1. The summed E-state index contributed by atoms with van der Waals surface area (Å²) in [6.07, 6.45) is 1.75. The van der Waals surface area contributed by atoms with Gasteiger partial charge in [0.2, 0.25) is 0 Å². The van der Waals surface area contributed by atoms with E-state index in [0.29, 0.717) is 5.56 Å². The van der Waals surface area contributed by atoms with Gasteiger partial charge in [0.15, 0.2) is 0 Å². The third kappa shape index (κ3) is 2.80. The molecule has 3 nitrogen and oxygen atoms in total.